The average Bonchev–Trinajstić information content (AvgIpc) is 2.66. The Bertz CT molecular complexity index is 453. The van der Waals surface area contributed by atoms with Crippen LogP contribution in [-0.2, 0) is 17.1 Å². The van der Waals surface area contributed by atoms with Gasteiger partial charge in [-0.3, -0.25) is 4.68 Å². The van der Waals surface area contributed by atoms with Crippen molar-refractivity contribution in [1.29, 1.82) is 0 Å². The summed E-state index contributed by atoms with van der Waals surface area (Å²) in [6, 6.07) is -0.0149. The molecule has 1 atom stereocenters. The second-order valence-corrected chi connectivity index (χ2v) is 5.73. The van der Waals surface area contributed by atoms with Gasteiger partial charge in [-0.1, -0.05) is 0 Å². The smallest absolute Gasteiger partial charge is 0.243 e. The fraction of sp³-hybridized carbons (Fsp3) is 0.667. The van der Waals surface area contributed by atoms with E-state index in [0.717, 1.165) is 19.4 Å². The summed E-state index contributed by atoms with van der Waals surface area (Å²) in [5.41, 5.74) is 0. The summed E-state index contributed by atoms with van der Waals surface area (Å²) in [5, 5.41) is 7.02. The van der Waals surface area contributed by atoms with Crippen LogP contribution in [-0.4, -0.2) is 37.3 Å². The van der Waals surface area contributed by atoms with Crippen molar-refractivity contribution in [2.45, 2.75) is 23.8 Å². The topological polar surface area (TPSA) is 76.0 Å². The van der Waals surface area contributed by atoms with Gasteiger partial charge in [-0.05, 0) is 19.4 Å². The first-order chi connectivity index (χ1) is 7.58. The average molecular weight is 281 g/mol. The first-order valence-corrected chi connectivity index (χ1v) is 6.78. The minimum atomic E-state index is -3.41. The second-order valence-electron chi connectivity index (χ2n) is 4.01. The molecule has 8 heteroatoms. The van der Waals surface area contributed by atoms with E-state index in [9.17, 15) is 8.42 Å². The molecular weight excluding hydrogens is 264 g/mol. The normalized spacial score (nSPS) is 20.9. The molecule has 98 valence electrons. The lowest BCUT2D eigenvalue weighted by Gasteiger charge is -2.23. The highest BCUT2D eigenvalue weighted by Gasteiger charge is 2.22. The maximum absolute atomic E-state index is 11.9. The van der Waals surface area contributed by atoms with E-state index in [2.05, 4.69) is 15.1 Å². The number of hydrogen-bond acceptors (Lipinski definition) is 4. The van der Waals surface area contributed by atoms with Crippen molar-refractivity contribution < 1.29 is 8.42 Å². The Kier molecular flexibility index (Phi) is 4.93. The summed E-state index contributed by atoms with van der Waals surface area (Å²) >= 11 is 0. The molecule has 0 saturated carbocycles. The molecule has 0 bridgehead atoms. The van der Waals surface area contributed by atoms with Crippen LogP contribution in [0.3, 0.4) is 0 Å². The molecule has 1 fully saturated rings. The molecule has 0 spiro atoms. The van der Waals surface area contributed by atoms with Crippen LogP contribution in [0.25, 0.3) is 0 Å². The maximum atomic E-state index is 11.9. The lowest BCUT2D eigenvalue weighted by Crippen LogP contribution is -2.45. The van der Waals surface area contributed by atoms with Crippen molar-refractivity contribution in [3.63, 3.8) is 0 Å². The monoisotopic (exact) mass is 280 g/mol. The Balaban J connectivity index is 0.00000144. The molecule has 0 unspecified atom stereocenters. The highest BCUT2D eigenvalue weighted by molar-refractivity contribution is 7.89. The van der Waals surface area contributed by atoms with Gasteiger partial charge in [-0.15, -0.1) is 12.4 Å². The van der Waals surface area contributed by atoms with Gasteiger partial charge in [0.05, 0.1) is 6.20 Å². The van der Waals surface area contributed by atoms with Crippen LogP contribution in [0.1, 0.15) is 12.8 Å². The molecule has 0 aliphatic carbocycles. The third kappa shape index (κ3) is 3.67. The van der Waals surface area contributed by atoms with E-state index in [1.807, 2.05) is 0 Å². The lowest BCUT2D eigenvalue weighted by atomic mass is 10.1. The number of rotatable bonds is 3. The van der Waals surface area contributed by atoms with Crippen molar-refractivity contribution in [1.82, 2.24) is 19.8 Å². The standard InChI is InChI=1S/C9H16N4O2S.ClH/c1-13-7-9(6-11-13)16(14,15)12-8-3-2-4-10-5-8;/h6-8,10,12H,2-5H2,1H3;1H/t8-;/m0./s1. The number of nitrogens with zero attached hydrogens (tertiary/aromatic N) is 2. The molecule has 0 radical (unpaired) electrons. The van der Waals surface area contributed by atoms with E-state index < -0.39 is 10.0 Å². The van der Waals surface area contributed by atoms with Gasteiger partial charge in [0.15, 0.2) is 0 Å². The van der Waals surface area contributed by atoms with Crippen LogP contribution in [0.2, 0.25) is 0 Å². The molecule has 2 heterocycles. The Morgan fingerprint density at radius 1 is 1.59 bits per heavy atom. The second kappa shape index (κ2) is 5.81. The Morgan fingerprint density at radius 3 is 2.88 bits per heavy atom. The van der Waals surface area contributed by atoms with Crippen LogP contribution in [0.5, 0.6) is 0 Å². The zero-order chi connectivity index (χ0) is 11.6. The quantitative estimate of drug-likeness (QED) is 0.809. The van der Waals surface area contributed by atoms with E-state index in [0.29, 0.717) is 6.54 Å². The Hall–Kier alpha value is -0.630. The van der Waals surface area contributed by atoms with Gasteiger partial charge >= 0.3 is 0 Å². The maximum Gasteiger partial charge on any atom is 0.243 e. The third-order valence-corrected chi connectivity index (χ3v) is 4.09. The number of aromatic nitrogens is 2. The number of halogens is 1. The van der Waals surface area contributed by atoms with Crippen molar-refractivity contribution >= 4 is 22.4 Å². The molecule has 1 aromatic heterocycles. The highest BCUT2D eigenvalue weighted by atomic mass is 35.5. The van der Waals surface area contributed by atoms with E-state index in [-0.39, 0.29) is 23.3 Å². The highest BCUT2D eigenvalue weighted by Crippen LogP contribution is 2.10. The molecule has 0 amide bonds. The van der Waals surface area contributed by atoms with Crippen molar-refractivity contribution in [2.24, 2.45) is 7.05 Å². The van der Waals surface area contributed by atoms with Gasteiger partial charge in [0.1, 0.15) is 4.90 Å². The summed E-state index contributed by atoms with van der Waals surface area (Å²) in [6.45, 7) is 1.66. The fourth-order valence-corrected chi connectivity index (χ4v) is 3.03. The third-order valence-electron chi connectivity index (χ3n) is 2.61. The molecule has 1 aromatic rings. The van der Waals surface area contributed by atoms with Crippen LogP contribution in [0.15, 0.2) is 17.3 Å². The van der Waals surface area contributed by atoms with Gasteiger partial charge in [-0.25, -0.2) is 13.1 Å². The Morgan fingerprint density at radius 2 is 2.35 bits per heavy atom. The van der Waals surface area contributed by atoms with E-state index in [1.165, 1.54) is 17.1 Å². The van der Waals surface area contributed by atoms with Gasteiger partial charge < -0.3 is 5.32 Å². The zero-order valence-electron chi connectivity index (χ0n) is 9.59. The number of sulfonamides is 1. The summed E-state index contributed by atoms with van der Waals surface area (Å²) in [5.74, 6) is 0. The number of aryl methyl sites for hydroxylation is 1. The summed E-state index contributed by atoms with van der Waals surface area (Å²) in [6.07, 6.45) is 4.74. The minimum Gasteiger partial charge on any atom is -0.315 e. The zero-order valence-corrected chi connectivity index (χ0v) is 11.2. The SMILES string of the molecule is Cl.Cn1cc(S(=O)(=O)N[C@H]2CCCNC2)cn1. The fourth-order valence-electron chi connectivity index (χ4n) is 1.78. The number of nitrogens with one attached hydrogen (secondary N) is 2. The minimum absolute atomic E-state index is 0. The summed E-state index contributed by atoms with van der Waals surface area (Å²) in [7, 11) is -1.72. The van der Waals surface area contributed by atoms with Gasteiger partial charge in [0.2, 0.25) is 10.0 Å². The molecule has 1 aliphatic rings. The van der Waals surface area contributed by atoms with Crippen LogP contribution >= 0.6 is 12.4 Å². The molecule has 0 aromatic carbocycles. The summed E-state index contributed by atoms with van der Waals surface area (Å²) in [4.78, 5) is 0.223. The van der Waals surface area contributed by atoms with E-state index in [4.69, 9.17) is 0 Å². The van der Waals surface area contributed by atoms with E-state index >= 15 is 0 Å². The van der Waals surface area contributed by atoms with E-state index in [1.54, 1.807) is 7.05 Å². The molecule has 2 rings (SSSR count). The largest absolute Gasteiger partial charge is 0.315 e. The molecular formula is C9H17ClN4O2S. The predicted molar refractivity (Wildman–Crippen MR) is 66.7 cm³/mol. The summed E-state index contributed by atoms with van der Waals surface area (Å²) < 4.78 is 28.0. The van der Waals surface area contributed by atoms with Crippen molar-refractivity contribution in [2.75, 3.05) is 13.1 Å². The van der Waals surface area contributed by atoms with Crippen molar-refractivity contribution in [3.8, 4) is 0 Å². The first-order valence-electron chi connectivity index (χ1n) is 5.29. The van der Waals surface area contributed by atoms with Crippen molar-refractivity contribution in [3.05, 3.63) is 12.4 Å². The molecule has 1 aliphatic heterocycles. The van der Waals surface area contributed by atoms with Gasteiger partial charge in [0.25, 0.3) is 0 Å². The van der Waals surface area contributed by atoms with Gasteiger partial charge in [0, 0.05) is 25.8 Å². The predicted octanol–water partition coefficient (Wildman–Crippen LogP) is -0.128. The van der Waals surface area contributed by atoms with Gasteiger partial charge in [-0.2, -0.15) is 5.10 Å². The van der Waals surface area contributed by atoms with Crippen LogP contribution < -0.4 is 10.0 Å². The lowest BCUT2D eigenvalue weighted by molar-refractivity contribution is 0.428. The molecule has 2 N–H and O–H groups in total. The molecule has 6 nitrogen and oxygen atoms in total. The number of piperidine rings is 1. The molecule has 1 saturated heterocycles. The molecule has 17 heavy (non-hydrogen) atoms. The Labute approximate surface area is 107 Å². The van der Waals surface area contributed by atoms with Crippen LogP contribution in [0, 0.1) is 0 Å². The first kappa shape index (κ1) is 14.4. The van der Waals surface area contributed by atoms with Crippen LogP contribution in [0.4, 0.5) is 0 Å². The number of hydrogen-bond donors (Lipinski definition) is 2.